The fourth-order valence-corrected chi connectivity index (χ4v) is 6.40. The van der Waals surface area contributed by atoms with Crippen molar-refractivity contribution in [1.29, 1.82) is 0 Å². The molecule has 0 saturated carbocycles. The lowest BCUT2D eigenvalue weighted by atomic mass is 10.1. The van der Waals surface area contributed by atoms with E-state index in [-0.39, 0.29) is 35.2 Å². The van der Waals surface area contributed by atoms with E-state index in [9.17, 15) is 23.1 Å². The number of nitrogens with two attached hydrogens (primary N) is 3. The zero-order valence-electron chi connectivity index (χ0n) is 38.1. The Morgan fingerprint density at radius 1 is 0.586 bits per heavy atom. The molecule has 17 nitrogen and oxygen atoms in total. The standard InChI is InChI=1S/C18H19FN4O2.C18H16FN3O3.C14H10FN3O2/c1-23(2)9-10-24-17-6-4-14-18(22-17)16(7-8-21-14)25-15-5-3-12(20)11-13(15)19;1-10(23)7-13-17(24-2)9-14-18(22-13)16(5-6-21-14)25-15-4-3-11(20)8-12(15)19;15-10-5-8(16)1-2-12(10)20-13-3-4-17-11-6-9(19)7-18-14(11)13/h3-8,11H,9-10,20H2,1-2H3;3-6,8-9H,7,20H2,1-2H3;1-7,19H,16H2. The van der Waals surface area contributed by atoms with Crippen molar-refractivity contribution in [2.45, 2.75) is 13.3 Å². The van der Waals surface area contributed by atoms with Crippen molar-refractivity contribution in [3.05, 3.63) is 145 Å². The summed E-state index contributed by atoms with van der Waals surface area (Å²) in [6.07, 6.45) is 5.99. The van der Waals surface area contributed by atoms with E-state index in [0.717, 1.165) is 6.54 Å². The van der Waals surface area contributed by atoms with Gasteiger partial charge in [0.25, 0.3) is 0 Å². The number of fused-ring (bicyclic) bond motifs is 3. The van der Waals surface area contributed by atoms with E-state index in [1.165, 1.54) is 75.1 Å². The van der Waals surface area contributed by atoms with Gasteiger partial charge in [-0.05, 0) is 63.5 Å². The first-order valence-electron chi connectivity index (χ1n) is 21.1. The fourth-order valence-electron chi connectivity index (χ4n) is 6.40. The lowest BCUT2D eigenvalue weighted by molar-refractivity contribution is -0.116. The van der Waals surface area contributed by atoms with Crippen LogP contribution in [0.25, 0.3) is 33.1 Å². The molecule has 9 aromatic rings. The maximum absolute atomic E-state index is 14.0. The van der Waals surface area contributed by atoms with Crippen LogP contribution in [0.5, 0.6) is 51.9 Å². The number of aromatic hydroxyl groups is 1. The van der Waals surface area contributed by atoms with E-state index >= 15 is 0 Å². The van der Waals surface area contributed by atoms with Crippen LogP contribution >= 0.6 is 0 Å². The van der Waals surface area contributed by atoms with Gasteiger partial charge in [0.1, 0.15) is 40.4 Å². The van der Waals surface area contributed by atoms with Crippen molar-refractivity contribution < 1.29 is 46.8 Å². The second kappa shape index (κ2) is 22.2. The smallest absolute Gasteiger partial charge is 0.214 e. The van der Waals surface area contributed by atoms with Gasteiger partial charge in [-0.2, -0.15) is 0 Å². The highest BCUT2D eigenvalue weighted by molar-refractivity contribution is 5.85. The minimum atomic E-state index is -0.581. The average molecular weight is 955 g/mol. The Morgan fingerprint density at radius 2 is 1.07 bits per heavy atom. The molecule has 6 aromatic heterocycles. The predicted molar refractivity (Wildman–Crippen MR) is 258 cm³/mol. The highest BCUT2D eigenvalue weighted by Gasteiger charge is 2.16. The highest BCUT2D eigenvalue weighted by Crippen LogP contribution is 2.35. The minimum absolute atomic E-state index is 0.000755. The number of halogens is 3. The number of carbonyl (C=O) groups excluding carboxylic acids is 1. The summed E-state index contributed by atoms with van der Waals surface area (Å²) < 4.78 is 69.5. The molecule has 0 unspecified atom stereocenters. The van der Waals surface area contributed by atoms with Crippen molar-refractivity contribution in [2.75, 3.05) is 51.6 Å². The number of methoxy groups -OCH3 is 1. The average Bonchev–Trinajstić information content (AvgIpc) is 3.32. The summed E-state index contributed by atoms with van der Waals surface area (Å²) in [6.45, 7) is 2.75. The van der Waals surface area contributed by atoms with Gasteiger partial charge in [0, 0.05) is 96.8 Å². The molecule has 6 heterocycles. The van der Waals surface area contributed by atoms with Gasteiger partial charge in [0.05, 0.1) is 42.0 Å². The number of pyridine rings is 6. The summed E-state index contributed by atoms with van der Waals surface area (Å²) in [5.74, 6) is 0.389. The number of Topliss-reactive ketones (excluding diaryl/α,β-unsaturated/α-hetero) is 1. The molecule has 0 bridgehead atoms. The number of ketones is 1. The molecule has 0 radical (unpaired) electrons. The van der Waals surface area contributed by atoms with Gasteiger partial charge in [-0.1, -0.05) is 0 Å². The van der Waals surface area contributed by atoms with Crippen molar-refractivity contribution in [2.24, 2.45) is 0 Å². The first-order chi connectivity index (χ1) is 33.6. The van der Waals surface area contributed by atoms with Crippen LogP contribution in [0.15, 0.2) is 122 Å². The third kappa shape index (κ3) is 12.5. The number of likely N-dealkylation sites (N-methyl/N-ethyl adjacent to an activating group) is 1. The number of hydrogen-bond acceptors (Lipinski definition) is 17. The predicted octanol–water partition coefficient (Wildman–Crippen LogP) is 9.22. The van der Waals surface area contributed by atoms with Crippen molar-refractivity contribution in [3.8, 4) is 51.9 Å². The maximum Gasteiger partial charge on any atom is 0.214 e. The second-order valence-electron chi connectivity index (χ2n) is 15.4. The third-order valence-electron chi connectivity index (χ3n) is 9.71. The summed E-state index contributed by atoms with van der Waals surface area (Å²) in [6, 6.07) is 24.0. The van der Waals surface area contributed by atoms with E-state index in [1.807, 2.05) is 19.0 Å². The monoisotopic (exact) mass is 954 g/mol. The molecule has 20 heteroatoms. The van der Waals surface area contributed by atoms with Gasteiger partial charge in [-0.25, -0.2) is 28.1 Å². The Hall–Kier alpha value is -9.04. The zero-order chi connectivity index (χ0) is 49.9. The van der Waals surface area contributed by atoms with Crippen molar-refractivity contribution in [1.82, 2.24) is 34.8 Å². The summed E-state index contributed by atoms with van der Waals surface area (Å²) in [4.78, 5) is 39.0. The number of aromatic nitrogens is 6. The lowest BCUT2D eigenvalue weighted by Crippen LogP contribution is -2.19. The first kappa shape index (κ1) is 48.9. The van der Waals surface area contributed by atoms with Crippen molar-refractivity contribution in [3.63, 3.8) is 0 Å². The lowest BCUT2D eigenvalue weighted by Gasteiger charge is -2.12. The van der Waals surface area contributed by atoms with Gasteiger partial charge in [0.2, 0.25) is 5.88 Å². The van der Waals surface area contributed by atoms with E-state index in [4.69, 9.17) is 40.9 Å². The molecular formula is C50H45F3N10O7. The third-order valence-corrected chi connectivity index (χ3v) is 9.71. The molecule has 0 aliphatic carbocycles. The van der Waals surface area contributed by atoms with Crippen LogP contribution in [0.4, 0.5) is 30.2 Å². The second-order valence-corrected chi connectivity index (χ2v) is 15.4. The molecule has 70 heavy (non-hydrogen) atoms. The number of anilines is 3. The highest BCUT2D eigenvalue weighted by atomic mass is 19.1. The summed E-state index contributed by atoms with van der Waals surface area (Å²) in [5, 5.41) is 9.37. The Kier molecular flexibility index (Phi) is 15.5. The van der Waals surface area contributed by atoms with Crippen LogP contribution < -0.4 is 40.9 Å². The molecule has 358 valence electrons. The van der Waals surface area contributed by atoms with Gasteiger partial charge in [-0.15, -0.1) is 0 Å². The van der Waals surface area contributed by atoms with E-state index < -0.39 is 17.5 Å². The van der Waals surface area contributed by atoms with Crippen LogP contribution in [-0.2, 0) is 11.2 Å². The van der Waals surface area contributed by atoms with E-state index in [2.05, 4.69) is 29.9 Å². The molecule has 9 rings (SSSR count). The van der Waals surface area contributed by atoms with Gasteiger partial charge >= 0.3 is 0 Å². The molecule has 0 aliphatic heterocycles. The molecule has 0 saturated heterocycles. The molecule has 7 N–H and O–H groups in total. The number of benzene rings is 3. The summed E-state index contributed by atoms with van der Waals surface area (Å²) >= 11 is 0. The minimum Gasteiger partial charge on any atom is -0.506 e. The Labute approximate surface area is 398 Å². The number of rotatable bonds is 13. The fraction of sp³-hybridized carbons (Fsp3) is 0.140. The van der Waals surface area contributed by atoms with E-state index in [0.29, 0.717) is 91.3 Å². The quantitative estimate of drug-likeness (QED) is 0.0787. The summed E-state index contributed by atoms with van der Waals surface area (Å²) in [5.41, 5.74) is 21.0. The van der Waals surface area contributed by atoms with Crippen LogP contribution in [0, 0.1) is 17.5 Å². The maximum atomic E-state index is 14.0. The largest absolute Gasteiger partial charge is 0.506 e. The first-order valence-corrected chi connectivity index (χ1v) is 21.1. The Morgan fingerprint density at radius 3 is 1.56 bits per heavy atom. The number of nitrogen functional groups attached to an aromatic ring is 3. The van der Waals surface area contributed by atoms with E-state index in [1.54, 1.807) is 60.8 Å². The topological polar surface area (TPSA) is 242 Å². The van der Waals surface area contributed by atoms with Crippen LogP contribution in [-0.4, -0.2) is 80.1 Å². The molecular weight excluding hydrogens is 910 g/mol. The molecule has 0 aliphatic rings. The van der Waals surface area contributed by atoms with Crippen LogP contribution in [0.2, 0.25) is 0 Å². The normalized spacial score (nSPS) is 10.8. The molecule has 0 fully saturated rings. The number of carbonyl (C=O) groups is 1. The van der Waals surface area contributed by atoms with Crippen molar-refractivity contribution >= 4 is 55.9 Å². The Balaban J connectivity index is 0.000000156. The molecule has 0 atom stereocenters. The van der Waals surface area contributed by atoms with Crippen LogP contribution in [0.3, 0.4) is 0 Å². The van der Waals surface area contributed by atoms with Gasteiger partial charge < -0.3 is 50.9 Å². The van der Waals surface area contributed by atoms with Gasteiger partial charge in [0.15, 0.2) is 51.9 Å². The molecule has 0 spiro atoms. The zero-order valence-corrected chi connectivity index (χ0v) is 38.1. The number of hydrogen-bond donors (Lipinski definition) is 4. The number of ether oxygens (including phenoxy) is 5. The summed E-state index contributed by atoms with van der Waals surface area (Å²) in [7, 11) is 5.43. The number of nitrogens with zero attached hydrogens (tertiary/aromatic N) is 7. The van der Waals surface area contributed by atoms with Gasteiger partial charge in [-0.3, -0.25) is 19.7 Å². The molecule has 0 amide bonds. The Bertz CT molecular complexity index is 3330. The SMILES string of the molecule is CN(C)CCOc1ccc2nccc(Oc3ccc(N)cc3F)c2n1.COc1cc2nccc(Oc3ccc(N)cc3F)c2nc1CC(C)=O.Nc1ccc(Oc2ccnc3cc(O)cnc23)c(F)c1. The van der Waals surface area contributed by atoms with Crippen LogP contribution in [0.1, 0.15) is 12.6 Å². The molecule has 3 aromatic carbocycles.